The molecule has 0 spiro atoms. The zero-order valence-electron chi connectivity index (χ0n) is 17.1. The van der Waals surface area contributed by atoms with Gasteiger partial charge >= 0.3 is 0 Å². The van der Waals surface area contributed by atoms with Crippen molar-refractivity contribution in [1.82, 2.24) is 24.7 Å². The van der Waals surface area contributed by atoms with Crippen LogP contribution in [0.5, 0.6) is 0 Å². The number of ether oxygens (including phenoxy) is 1. The first-order chi connectivity index (χ1) is 15.0. The summed E-state index contributed by atoms with van der Waals surface area (Å²) in [5.74, 6) is 0.289. The van der Waals surface area contributed by atoms with Crippen molar-refractivity contribution >= 4 is 28.6 Å². The molecule has 0 aliphatic carbocycles. The molecule has 31 heavy (non-hydrogen) atoms. The molecule has 7 nitrogen and oxygen atoms in total. The molecule has 0 radical (unpaired) electrons. The van der Waals surface area contributed by atoms with Crippen LogP contribution in [0.25, 0.3) is 22.3 Å². The van der Waals surface area contributed by atoms with Crippen LogP contribution in [0.4, 0.5) is 10.2 Å². The molecule has 0 bridgehead atoms. The lowest BCUT2D eigenvalue weighted by molar-refractivity contribution is 0.0395. The van der Waals surface area contributed by atoms with Crippen LogP contribution in [-0.4, -0.2) is 44.4 Å². The highest BCUT2D eigenvalue weighted by atomic mass is 35.5. The number of rotatable bonds is 3. The Morgan fingerprint density at radius 3 is 2.81 bits per heavy atom. The zero-order chi connectivity index (χ0) is 21.5. The number of benzene rings is 1. The van der Waals surface area contributed by atoms with Gasteiger partial charge in [-0.25, -0.2) is 19.3 Å². The molecule has 1 atom stereocenters. The van der Waals surface area contributed by atoms with Gasteiger partial charge < -0.3 is 9.64 Å². The second-order valence-corrected chi connectivity index (χ2v) is 8.03. The van der Waals surface area contributed by atoms with E-state index in [1.807, 2.05) is 32.4 Å². The Morgan fingerprint density at radius 1 is 1.16 bits per heavy atom. The molecule has 158 valence electrons. The third kappa shape index (κ3) is 3.84. The van der Waals surface area contributed by atoms with Crippen LogP contribution < -0.4 is 4.90 Å². The van der Waals surface area contributed by atoms with Crippen molar-refractivity contribution in [2.75, 3.05) is 24.6 Å². The van der Waals surface area contributed by atoms with E-state index in [1.54, 1.807) is 23.0 Å². The van der Waals surface area contributed by atoms with E-state index in [4.69, 9.17) is 21.3 Å². The molecule has 1 aliphatic rings. The SMILES string of the molecule is Cc1cnc2nc(N3CCO[C@H](c4cnn(C)c4)C3)cc(-c3ccc(Cl)cc3F)c2n1. The number of hydrogen-bond donors (Lipinski definition) is 0. The first kappa shape index (κ1) is 19.8. The Hall–Kier alpha value is -3.10. The summed E-state index contributed by atoms with van der Waals surface area (Å²) in [5, 5.41) is 4.58. The van der Waals surface area contributed by atoms with E-state index in [1.165, 1.54) is 6.07 Å². The minimum atomic E-state index is -0.413. The number of hydrogen-bond acceptors (Lipinski definition) is 6. The summed E-state index contributed by atoms with van der Waals surface area (Å²) >= 11 is 5.97. The lowest BCUT2D eigenvalue weighted by atomic mass is 10.0. The largest absolute Gasteiger partial charge is 0.370 e. The second-order valence-electron chi connectivity index (χ2n) is 7.59. The van der Waals surface area contributed by atoms with Crippen LogP contribution in [0.15, 0.2) is 42.9 Å². The minimum absolute atomic E-state index is 0.125. The van der Waals surface area contributed by atoms with Crippen LogP contribution in [0.3, 0.4) is 0 Å². The fourth-order valence-electron chi connectivity index (χ4n) is 3.81. The van der Waals surface area contributed by atoms with Crippen molar-refractivity contribution in [2.24, 2.45) is 7.05 Å². The highest BCUT2D eigenvalue weighted by Crippen LogP contribution is 2.34. The molecule has 0 saturated carbocycles. The van der Waals surface area contributed by atoms with Crippen LogP contribution in [0, 0.1) is 12.7 Å². The molecule has 1 aliphatic heterocycles. The number of nitrogens with zero attached hydrogens (tertiary/aromatic N) is 6. The summed E-state index contributed by atoms with van der Waals surface area (Å²) in [4.78, 5) is 15.9. The standard InChI is InChI=1S/C22H20ClFN6O/c1-13-9-25-22-21(27-13)17(16-4-3-15(23)7-18(16)24)8-20(28-22)30-5-6-31-19(12-30)14-10-26-29(2)11-14/h3-4,7-11,19H,5-6,12H2,1-2H3/t19-/m0/s1. The van der Waals surface area contributed by atoms with Gasteiger partial charge in [-0.1, -0.05) is 11.6 Å². The van der Waals surface area contributed by atoms with Crippen LogP contribution in [0.1, 0.15) is 17.4 Å². The summed E-state index contributed by atoms with van der Waals surface area (Å²) in [6, 6.07) is 6.51. The maximum atomic E-state index is 14.8. The number of halogens is 2. The van der Waals surface area contributed by atoms with E-state index in [2.05, 4.69) is 20.0 Å². The summed E-state index contributed by atoms with van der Waals surface area (Å²) in [7, 11) is 1.88. The second kappa shape index (κ2) is 7.86. The molecule has 1 aromatic carbocycles. The van der Waals surface area contributed by atoms with E-state index >= 15 is 0 Å². The van der Waals surface area contributed by atoms with Gasteiger partial charge in [-0.05, 0) is 31.2 Å². The first-order valence-electron chi connectivity index (χ1n) is 9.93. The monoisotopic (exact) mass is 438 g/mol. The summed E-state index contributed by atoms with van der Waals surface area (Å²) in [5.41, 5.74) is 3.82. The Balaban J connectivity index is 1.60. The van der Waals surface area contributed by atoms with Gasteiger partial charge in [-0.15, -0.1) is 0 Å². The van der Waals surface area contributed by atoms with Gasteiger partial charge in [0.2, 0.25) is 0 Å². The van der Waals surface area contributed by atoms with Gasteiger partial charge in [0.25, 0.3) is 0 Å². The van der Waals surface area contributed by atoms with Gasteiger partial charge in [0.15, 0.2) is 5.65 Å². The van der Waals surface area contributed by atoms with Crippen LogP contribution in [0.2, 0.25) is 5.02 Å². The molecule has 1 saturated heterocycles. The third-order valence-electron chi connectivity index (χ3n) is 5.33. The molecule has 9 heteroatoms. The van der Waals surface area contributed by atoms with Crippen LogP contribution >= 0.6 is 11.6 Å². The van der Waals surface area contributed by atoms with Gasteiger partial charge in [0, 0.05) is 48.0 Å². The third-order valence-corrected chi connectivity index (χ3v) is 5.57. The van der Waals surface area contributed by atoms with Crippen molar-refractivity contribution < 1.29 is 9.13 Å². The Bertz CT molecular complexity index is 1280. The van der Waals surface area contributed by atoms with E-state index in [-0.39, 0.29) is 6.10 Å². The van der Waals surface area contributed by atoms with Gasteiger partial charge in [0.1, 0.15) is 23.3 Å². The zero-order valence-corrected chi connectivity index (χ0v) is 17.8. The molecule has 1 fully saturated rings. The van der Waals surface area contributed by atoms with Gasteiger partial charge in [-0.2, -0.15) is 5.10 Å². The number of fused-ring (bicyclic) bond motifs is 1. The number of anilines is 1. The van der Waals surface area contributed by atoms with Crippen molar-refractivity contribution in [3.8, 4) is 11.1 Å². The predicted molar refractivity (Wildman–Crippen MR) is 117 cm³/mol. The quantitative estimate of drug-likeness (QED) is 0.479. The summed E-state index contributed by atoms with van der Waals surface area (Å²) < 4.78 is 22.5. The minimum Gasteiger partial charge on any atom is -0.370 e. The Labute approximate surface area is 183 Å². The maximum absolute atomic E-state index is 14.8. The Kier molecular flexibility index (Phi) is 5.03. The molecule has 4 aromatic rings. The molecular formula is C22H20ClFN6O. The average Bonchev–Trinajstić information content (AvgIpc) is 3.20. The Morgan fingerprint density at radius 2 is 2.03 bits per heavy atom. The van der Waals surface area contributed by atoms with Crippen molar-refractivity contribution in [3.63, 3.8) is 0 Å². The molecule has 0 N–H and O–H groups in total. The van der Waals surface area contributed by atoms with Crippen molar-refractivity contribution in [1.29, 1.82) is 0 Å². The first-order valence-corrected chi connectivity index (χ1v) is 10.3. The fraction of sp³-hybridized carbons (Fsp3) is 0.273. The number of pyridine rings is 1. The fourth-order valence-corrected chi connectivity index (χ4v) is 3.97. The lowest BCUT2D eigenvalue weighted by Gasteiger charge is -2.33. The van der Waals surface area contributed by atoms with Gasteiger partial charge in [-0.3, -0.25) is 4.68 Å². The van der Waals surface area contributed by atoms with E-state index in [0.717, 1.165) is 11.3 Å². The van der Waals surface area contributed by atoms with Crippen LogP contribution in [-0.2, 0) is 11.8 Å². The van der Waals surface area contributed by atoms with Gasteiger partial charge in [0.05, 0.1) is 24.7 Å². The van der Waals surface area contributed by atoms with E-state index in [0.29, 0.717) is 52.8 Å². The molecule has 0 unspecified atom stereocenters. The lowest BCUT2D eigenvalue weighted by Crippen LogP contribution is -2.38. The summed E-state index contributed by atoms with van der Waals surface area (Å²) in [6.07, 6.45) is 5.30. The molecular weight excluding hydrogens is 419 g/mol. The van der Waals surface area contributed by atoms with E-state index < -0.39 is 5.82 Å². The van der Waals surface area contributed by atoms with Crippen molar-refractivity contribution in [3.05, 3.63) is 65.0 Å². The number of morpholine rings is 1. The topological polar surface area (TPSA) is 69.0 Å². The highest BCUT2D eigenvalue weighted by molar-refractivity contribution is 6.30. The van der Waals surface area contributed by atoms with Crippen molar-refractivity contribution in [2.45, 2.75) is 13.0 Å². The molecule has 4 heterocycles. The predicted octanol–water partition coefficient (Wildman–Crippen LogP) is 4.10. The highest BCUT2D eigenvalue weighted by Gasteiger charge is 2.25. The maximum Gasteiger partial charge on any atom is 0.180 e. The smallest absolute Gasteiger partial charge is 0.180 e. The van der Waals surface area contributed by atoms with E-state index in [9.17, 15) is 4.39 Å². The molecule has 0 amide bonds. The average molecular weight is 439 g/mol. The number of aromatic nitrogens is 5. The molecule has 3 aromatic heterocycles. The molecule has 5 rings (SSSR count). The summed E-state index contributed by atoms with van der Waals surface area (Å²) in [6.45, 7) is 3.66. The normalized spacial score (nSPS) is 16.8. The number of aryl methyl sites for hydroxylation is 2.